The van der Waals surface area contributed by atoms with Crippen molar-refractivity contribution < 1.29 is 63.5 Å². The van der Waals surface area contributed by atoms with E-state index in [0.717, 1.165) is 36.1 Å². The number of aryl methyl sites for hydroxylation is 2. The zero-order chi connectivity index (χ0) is 47.6. The molecular weight excluding hydrogens is 911 g/mol. The average molecular weight is 978 g/mol. The summed E-state index contributed by atoms with van der Waals surface area (Å²) >= 11 is 0. The number of allylic oxidation sites excluding steroid dienone is 1. The highest BCUT2D eigenvalue weighted by Crippen LogP contribution is 2.69. The first-order valence-corrected chi connectivity index (χ1v) is 27.1. The first-order valence-electron chi connectivity index (χ1n) is 24.7. The third-order valence-electron chi connectivity index (χ3n) is 16.6. The van der Waals surface area contributed by atoms with Crippen LogP contribution in [0, 0.1) is 29.6 Å². The van der Waals surface area contributed by atoms with Crippen molar-refractivity contribution in [1.29, 1.82) is 0 Å². The number of ether oxygens (including phenoxy) is 5. The van der Waals surface area contributed by atoms with Gasteiger partial charge in [-0.3, -0.25) is 4.79 Å². The van der Waals surface area contributed by atoms with E-state index in [-0.39, 0.29) is 55.7 Å². The highest BCUT2D eigenvalue weighted by molar-refractivity contribution is 8.77. The monoisotopic (exact) mass is 977 g/mol. The Morgan fingerprint density at radius 2 is 1.84 bits per heavy atom. The average Bonchev–Trinajstić information content (AvgIpc) is 3.80. The molecule has 0 amide bonds. The molecular formula is C52H67NO13S2. The number of hydrogen-bond donors (Lipinski definition) is 7. The van der Waals surface area contributed by atoms with Gasteiger partial charge in [-0.05, 0) is 112 Å². The van der Waals surface area contributed by atoms with Gasteiger partial charge < -0.3 is 64.1 Å². The minimum absolute atomic E-state index is 0.0307. The van der Waals surface area contributed by atoms with Crippen molar-refractivity contribution in [2.45, 2.75) is 143 Å². The number of aliphatic hydroxyl groups is 6. The van der Waals surface area contributed by atoms with E-state index in [4.69, 9.17) is 28.1 Å². The van der Waals surface area contributed by atoms with Gasteiger partial charge in [-0.15, -0.1) is 0 Å². The van der Waals surface area contributed by atoms with E-state index >= 15 is 0 Å². The lowest BCUT2D eigenvalue weighted by Gasteiger charge is -2.73. The van der Waals surface area contributed by atoms with Gasteiger partial charge >= 0.3 is 5.97 Å². The third kappa shape index (κ3) is 7.91. The number of fused-ring (bicyclic) bond motifs is 12. The molecule has 0 unspecified atom stereocenters. The summed E-state index contributed by atoms with van der Waals surface area (Å²) in [6.45, 7) is 4.07. The Morgan fingerprint density at radius 3 is 2.62 bits per heavy atom. The zero-order valence-corrected chi connectivity index (χ0v) is 40.7. The van der Waals surface area contributed by atoms with Crippen LogP contribution in [-0.2, 0) is 27.1 Å². The van der Waals surface area contributed by atoms with Crippen LogP contribution < -0.4 is 19.5 Å². The van der Waals surface area contributed by atoms with Gasteiger partial charge in [0.25, 0.3) is 5.79 Å². The molecule has 0 radical (unpaired) electrons. The second kappa shape index (κ2) is 19.0. The Morgan fingerprint density at radius 1 is 1.01 bits per heavy atom. The maximum absolute atomic E-state index is 14.1. The molecule has 10 rings (SSSR count). The lowest BCUT2D eigenvalue weighted by atomic mass is 9.46. The van der Waals surface area contributed by atoms with Gasteiger partial charge in [0.1, 0.15) is 29.2 Å². The summed E-state index contributed by atoms with van der Waals surface area (Å²) < 4.78 is 39.7. The first-order chi connectivity index (χ1) is 32.8. The van der Waals surface area contributed by atoms with Crippen LogP contribution in [0.25, 0.3) is 11.0 Å². The number of aliphatic hydroxyl groups excluding tert-OH is 4. The minimum atomic E-state index is -2.58. The van der Waals surface area contributed by atoms with Crippen LogP contribution in [0.5, 0.6) is 17.2 Å². The number of hydrogen-bond acceptors (Lipinski definition) is 16. The highest BCUT2D eigenvalue weighted by Gasteiger charge is 2.85. The van der Waals surface area contributed by atoms with E-state index < -0.39 is 82.6 Å². The quantitative estimate of drug-likeness (QED) is 0.0768. The van der Waals surface area contributed by atoms with E-state index in [2.05, 4.69) is 24.4 Å². The van der Waals surface area contributed by atoms with Crippen LogP contribution in [0.4, 0.5) is 0 Å². The summed E-state index contributed by atoms with van der Waals surface area (Å²) in [4.78, 5) is 13.1. The van der Waals surface area contributed by atoms with Gasteiger partial charge in [0.2, 0.25) is 5.75 Å². The van der Waals surface area contributed by atoms with E-state index in [1.807, 2.05) is 24.3 Å². The molecule has 2 aromatic carbocycles. The van der Waals surface area contributed by atoms with E-state index in [1.165, 1.54) is 10.8 Å². The van der Waals surface area contributed by atoms with Crippen LogP contribution >= 0.6 is 21.6 Å². The molecule has 68 heavy (non-hydrogen) atoms. The summed E-state index contributed by atoms with van der Waals surface area (Å²) in [5.41, 5.74) is -4.12. The number of methoxy groups -OCH3 is 1. The Labute approximate surface area is 405 Å². The number of benzene rings is 2. The lowest BCUT2D eigenvalue weighted by Crippen LogP contribution is -2.92. The van der Waals surface area contributed by atoms with Gasteiger partial charge in [-0.25, -0.2) is 0 Å². The molecule has 7 aliphatic rings. The van der Waals surface area contributed by atoms with Crippen LogP contribution in [0.15, 0.2) is 70.9 Å². The Balaban J connectivity index is 1.27. The molecule has 14 nitrogen and oxygen atoms in total. The fourth-order valence-corrected chi connectivity index (χ4v) is 16.5. The second-order valence-corrected chi connectivity index (χ2v) is 23.0. The van der Waals surface area contributed by atoms with Crippen molar-refractivity contribution in [2.24, 2.45) is 29.6 Å². The topological polar surface area (TPSA) is 210 Å². The molecule has 2 aliphatic carbocycles. The van der Waals surface area contributed by atoms with Gasteiger partial charge in [-0.2, -0.15) is 0 Å². The van der Waals surface area contributed by atoms with Crippen molar-refractivity contribution in [3.05, 3.63) is 77.6 Å². The maximum Gasteiger partial charge on any atom is 0.306 e. The third-order valence-corrected chi connectivity index (χ3v) is 19.5. The van der Waals surface area contributed by atoms with Crippen molar-refractivity contribution in [2.75, 3.05) is 32.6 Å². The summed E-state index contributed by atoms with van der Waals surface area (Å²) in [5.74, 6) is -3.84. The number of carbonyl (C=O) groups is 1. The molecule has 1 saturated carbocycles. The molecule has 2 spiro atoms. The molecule has 16 heteroatoms. The normalized spacial score (nSPS) is 39.8. The van der Waals surface area contributed by atoms with Crippen LogP contribution in [0.3, 0.4) is 0 Å². The summed E-state index contributed by atoms with van der Waals surface area (Å²) in [7, 11) is 4.81. The fourth-order valence-electron chi connectivity index (χ4n) is 13.0. The smallest absolute Gasteiger partial charge is 0.306 e. The van der Waals surface area contributed by atoms with E-state index in [9.17, 15) is 35.4 Å². The van der Waals surface area contributed by atoms with Gasteiger partial charge in [0.15, 0.2) is 16.9 Å². The molecule has 3 aromatic rings. The van der Waals surface area contributed by atoms with Crippen molar-refractivity contribution in [3.8, 4) is 17.2 Å². The van der Waals surface area contributed by atoms with Crippen molar-refractivity contribution in [1.82, 2.24) is 5.32 Å². The molecule has 5 aliphatic heterocycles. The number of nitrogens with one attached hydrogen (secondary N) is 1. The predicted octanol–water partition coefficient (Wildman–Crippen LogP) is 5.80. The lowest BCUT2D eigenvalue weighted by molar-refractivity contribution is -0.458. The summed E-state index contributed by atoms with van der Waals surface area (Å²) in [6, 6.07) is 11.8. The van der Waals surface area contributed by atoms with Gasteiger partial charge in [-0.1, -0.05) is 71.2 Å². The first kappa shape index (κ1) is 48.3. The minimum Gasteiger partial charge on any atom is -0.497 e. The largest absolute Gasteiger partial charge is 0.497 e. The standard InChI is InChI=1S/C52H67NO13S2/c1-4-62-42(57)19-14-32-23-33-20-21-63-44(33)46-45(32)65-50-25-35-22-31(12-9-30-10-16-37(61-3)17-11-30)40(64-46)26-53-36-15-8-29(2)6-5-7-41(56)52(66-50,47(35)68-67-28-36)49(59)24-34-13-18-39(55)38(27-54)43(34)51(50,60)48(49)58/h10-11,13,16-18,20-21,23,25,29,31,34,36,38-41,43,47-48,53-56,58-60H,4-9,12,14-15,19,22,24,26-28H2,1-3H3/t29-,31-,34-,36-,38+,39+,40-,41+,43+,47+,48-,49-,50+,51-,52-/m0/s1. The predicted molar refractivity (Wildman–Crippen MR) is 257 cm³/mol. The molecule has 1 aromatic heterocycles. The summed E-state index contributed by atoms with van der Waals surface area (Å²) in [6.07, 6.45) is 6.70. The van der Waals surface area contributed by atoms with Gasteiger partial charge in [0, 0.05) is 54.5 Å². The van der Waals surface area contributed by atoms with Gasteiger partial charge in [0.05, 0.1) is 37.4 Å². The number of esters is 1. The molecule has 8 bridgehead atoms. The Bertz CT molecular complexity index is 2380. The molecule has 15 atom stereocenters. The Kier molecular flexibility index (Phi) is 13.5. The van der Waals surface area contributed by atoms with E-state index in [1.54, 1.807) is 49.3 Å². The molecule has 3 saturated heterocycles. The number of furan rings is 1. The number of carbonyl (C=O) groups excluding carboxylic acids is 1. The molecule has 6 heterocycles. The maximum atomic E-state index is 14.1. The fraction of sp³-hybridized carbons (Fsp3) is 0.635. The molecule has 370 valence electrons. The second-order valence-electron chi connectivity index (χ2n) is 20.5. The SMILES string of the molecule is CCOC(=O)CCc1cc2ccoc2c2c1O[C@]13C=C4C[C@H](CCc5ccc(OC)cc5)[C@H](CN[C@H]5CC[C@@H](C)CCC[C@@H](O)[C@](O1)([C@@H]4SSC5)[C@]1(O)C[C@@H]4C=C[C@@H](O)[C@@H](CO)[C@@H]4[C@]3(O)[C@H]1O)O2. The number of rotatable bonds is 9. The Hall–Kier alpha value is -3.29. The van der Waals surface area contributed by atoms with E-state index in [0.29, 0.717) is 60.4 Å². The van der Waals surface area contributed by atoms with Crippen LogP contribution in [0.2, 0.25) is 0 Å². The van der Waals surface area contributed by atoms with Crippen LogP contribution in [-0.4, -0.2) is 128 Å². The molecule has 4 fully saturated rings. The van der Waals surface area contributed by atoms with Crippen molar-refractivity contribution in [3.63, 3.8) is 0 Å². The van der Waals surface area contributed by atoms with Crippen LogP contribution in [0.1, 0.15) is 82.8 Å². The highest BCUT2D eigenvalue weighted by atomic mass is 33.1. The van der Waals surface area contributed by atoms with Crippen molar-refractivity contribution >= 4 is 38.5 Å². The summed E-state index contributed by atoms with van der Waals surface area (Å²) in [5, 5.41) is 81.1. The zero-order valence-electron chi connectivity index (χ0n) is 39.1. The molecule has 7 N–H and O–H groups in total.